The largest absolute Gasteiger partial charge is 0.493 e. The van der Waals surface area contributed by atoms with Gasteiger partial charge in [-0.1, -0.05) is 30.7 Å². The molecule has 1 saturated carbocycles. The molecule has 1 unspecified atom stereocenters. The van der Waals surface area contributed by atoms with Crippen LogP contribution in [-0.4, -0.2) is 82.9 Å². The highest BCUT2D eigenvalue weighted by atomic mass is 16.5. The molecule has 9 heteroatoms. The summed E-state index contributed by atoms with van der Waals surface area (Å²) in [6, 6.07) is 16.3. The summed E-state index contributed by atoms with van der Waals surface area (Å²) in [6.45, 7) is 11.2. The minimum absolute atomic E-state index is 0.258. The van der Waals surface area contributed by atoms with Crippen LogP contribution in [-0.2, 0) is 16.1 Å². The summed E-state index contributed by atoms with van der Waals surface area (Å²) in [5.74, 6) is 0.898. The van der Waals surface area contributed by atoms with Gasteiger partial charge in [-0.15, -0.1) is 0 Å². The van der Waals surface area contributed by atoms with Crippen LogP contribution >= 0.6 is 0 Å². The van der Waals surface area contributed by atoms with Crippen LogP contribution in [0.3, 0.4) is 0 Å². The Morgan fingerprint density at radius 1 is 1.02 bits per heavy atom. The zero-order valence-corrected chi connectivity index (χ0v) is 27.5. The number of carboxylic acid groups (broad SMARTS) is 1. The van der Waals surface area contributed by atoms with Gasteiger partial charge in [0.1, 0.15) is 17.3 Å². The van der Waals surface area contributed by atoms with Crippen molar-refractivity contribution in [3.63, 3.8) is 0 Å². The zero-order chi connectivity index (χ0) is 32.4. The molecule has 47 heavy (non-hydrogen) atoms. The molecule has 0 bridgehead atoms. The maximum Gasteiger partial charge on any atom is 0.320 e. The van der Waals surface area contributed by atoms with E-state index in [1.165, 1.54) is 12.8 Å². The van der Waals surface area contributed by atoms with E-state index >= 15 is 0 Å². The minimum Gasteiger partial charge on any atom is -0.493 e. The van der Waals surface area contributed by atoms with Crippen LogP contribution < -0.4 is 10.1 Å². The molecule has 2 aromatic carbocycles. The van der Waals surface area contributed by atoms with E-state index in [-0.39, 0.29) is 5.41 Å². The van der Waals surface area contributed by atoms with Gasteiger partial charge in [0.05, 0.1) is 19.8 Å². The van der Waals surface area contributed by atoms with Crippen molar-refractivity contribution < 1.29 is 19.4 Å². The molecule has 2 saturated heterocycles. The number of nitrogens with zero attached hydrogens (tertiary/aromatic N) is 4. The van der Waals surface area contributed by atoms with E-state index in [0.29, 0.717) is 18.8 Å². The van der Waals surface area contributed by atoms with Crippen LogP contribution in [0.1, 0.15) is 48.8 Å². The molecule has 0 spiro atoms. The Morgan fingerprint density at radius 3 is 2.60 bits per heavy atom. The maximum atomic E-state index is 11.8. The molecule has 2 N–H and O–H groups in total. The number of fused-ring (bicyclic) bond motifs is 1. The number of likely N-dealkylation sites (tertiary alicyclic amines) is 1. The third-order valence-corrected chi connectivity index (χ3v) is 10.3. The SMILES string of the molecule is Cc1c(Nc2nccc3cc(CN4CCCCC4C(=O)O)cnc23)cccc1-c1cccc(OCC2(CN3CCOCC3)CC2)c1C. The topological polar surface area (TPSA) is 100 Å². The van der Waals surface area contributed by atoms with Gasteiger partial charge in [0.25, 0.3) is 0 Å². The average Bonchev–Trinajstić information content (AvgIpc) is 3.85. The average molecular weight is 636 g/mol. The first kappa shape index (κ1) is 31.5. The number of rotatable bonds is 11. The Hall–Kier alpha value is -4.05. The lowest BCUT2D eigenvalue weighted by molar-refractivity contribution is -0.144. The van der Waals surface area contributed by atoms with E-state index in [1.54, 1.807) is 6.20 Å². The normalized spacial score (nSPS) is 19.8. The fourth-order valence-corrected chi connectivity index (χ4v) is 7.22. The molecule has 4 heterocycles. The highest BCUT2D eigenvalue weighted by molar-refractivity contribution is 5.91. The highest BCUT2D eigenvalue weighted by Crippen LogP contribution is 2.47. The molecule has 3 aliphatic rings. The Labute approximate surface area is 276 Å². The second-order valence-corrected chi connectivity index (χ2v) is 13.6. The third kappa shape index (κ3) is 6.98. The van der Waals surface area contributed by atoms with Gasteiger partial charge in [0, 0.05) is 55.1 Å². The Kier molecular flexibility index (Phi) is 9.12. The number of carboxylic acids is 1. The van der Waals surface area contributed by atoms with Crippen molar-refractivity contribution in [1.29, 1.82) is 0 Å². The summed E-state index contributed by atoms with van der Waals surface area (Å²) in [5.41, 5.74) is 7.60. The zero-order valence-electron chi connectivity index (χ0n) is 27.5. The number of hydrogen-bond donors (Lipinski definition) is 2. The van der Waals surface area contributed by atoms with Gasteiger partial charge in [0.15, 0.2) is 5.82 Å². The first-order chi connectivity index (χ1) is 22.9. The standard InChI is InChI=1S/C38H45N5O4/c1-26-30(31-8-6-11-34(27(31)2)47-25-38(13-14-38)24-42-17-19-46-20-18-42)7-5-9-32(26)41-36-35-29(12-15-39-36)21-28(22-40-35)23-43-16-4-3-10-33(43)37(44)45/h5-9,11-12,15,21-22,33H,3-4,10,13-14,16-20,23-25H2,1-2H3,(H,39,41)(H,44,45). The quantitative estimate of drug-likeness (QED) is 0.189. The number of hydrogen-bond acceptors (Lipinski definition) is 8. The number of aliphatic carboxylic acids is 1. The summed E-state index contributed by atoms with van der Waals surface area (Å²) in [5, 5.41) is 14.2. The van der Waals surface area contributed by atoms with Crippen LogP contribution in [0.15, 0.2) is 60.9 Å². The number of benzene rings is 2. The minimum atomic E-state index is -0.743. The van der Waals surface area contributed by atoms with Gasteiger partial charge in [0.2, 0.25) is 0 Å². The number of anilines is 2. The predicted molar refractivity (Wildman–Crippen MR) is 184 cm³/mol. The molecular formula is C38H45N5O4. The Morgan fingerprint density at radius 2 is 1.81 bits per heavy atom. The molecule has 246 valence electrons. The fourth-order valence-electron chi connectivity index (χ4n) is 7.22. The molecule has 0 amide bonds. The molecule has 9 nitrogen and oxygen atoms in total. The number of morpholine rings is 1. The number of pyridine rings is 2. The molecule has 0 radical (unpaired) electrons. The molecule has 2 aromatic heterocycles. The van der Waals surface area contributed by atoms with E-state index < -0.39 is 12.0 Å². The smallest absolute Gasteiger partial charge is 0.320 e. The Bertz CT molecular complexity index is 1750. The molecule has 1 atom stereocenters. The molecular weight excluding hydrogens is 590 g/mol. The first-order valence-corrected chi connectivity index (χ1v) is 17.0. The van der Waals surface area contributed by atoms with Crippen LogP contribution in [0, 0.1) is 19.3 Å². The lowest BCUT2D eigenvalue weighted by Crippen LogP contribution is -2.44. The van der Waals surface area contributed by atoms with Crippen LogP contribution in [0.2, 0.25) is 0 Å². The van der Waals surface area contributed by atoms with Crippen LogP contribution in [0.5, 0.6) is 5.75 Å². The number of carbonyl (C=O) groups is 1. The van der Waals surface area contributed by atoms with Crippen molar-refractivity contribution >= 4 is 28.4 Å². The van der Waals surface area contributed by atoms with Gasteiger partial charge < -0.3 is 19.9 Å². The third-order valence-electron chi connectivity index (χ3n) is 10.3. The lowest BCUT2D eigenvalue weighted by atomic mass is 9.95. The van der Waals surface area contributed by atoms with Gasteiger partial charge in [-0.05, 0) is 98.2 Å². The highest BCUT2D eigenvalue weighted by Gasteiger charge is 2.45. The van der Waals surface area contributed by atoms with E-state index in [1.807, 2.05) is 12.3 Å². The fraction of sp³-hybridized carbons (Fsp3) is 0.447. The van der Waals surface area contributed by atoms with Crippen molar-refractivity contribution in [2.75, 3.05) is 51.3 Å². The molecule has 7 rings (SSSR count). The van der Waals surface area contributed by atoms with Gasteiger partial charge in [-0.2, -0.15) is 0 Å². The summed E-state index contributed by atoms with van der Waals surface area (Å²) in [6.07, 6.45) is 8.77. The van der Waals surface area contributed by atoms with E-state index in [9.17, 15) is 9.90 Å². The number of aromatic nitrogens is 2. The lowest BCUT2D eigenvalue weighted by Gasteiger charge is -2.32. The first-order valence-electron chi connectivity index (χ1n) is 17.0. The van der Waals surface area contributed by atoms with E-state index in [2.05, 4.69) is 76.4 Å². The summed E-state index contributed by atoms with van der Waals surface area (Å²) in [7, 11) is 0. The van der Waals surface area contributed by atoms with Gasteiger partial charge >= 0.3 is 5.97 Å². The van der Waals surface area contributed by atoms with Crippen molar-refractivity contribution in [2.24, 2.45) is 5.41 Å². The summed E-state index contributed by atoms with van der Waals surface area (Å²) >= 11 is 0. The monoisotopic (exact) mass is 635 g/mol. The maximum absolute atomic E-state index is 11.8. The summed E-state index contributed by atoms with van der Waals surface area (Å²) < 4.78 is 12.1. The van der Waals surface area contributed by atoms with Crippen molar-refractivity contribution in [1.82, 2.24) is 19.8 Å². The van der Waals surface area contributed by atoms with E-state index in [4.69, 9.17) is 14.5 Å². The second kappa shape index (κ2) is 13.6. The molecule has 2 aliphatic heterocycles. The number of piperidine rings is 1. The van der Waals surface area contributed by atoms with Crippen LogP contribution in [0.4, 0.5) is 11.5 Å². The predicted octanol–water partition coefficient (Wildman–Crippen LogP) is 6.59. The number of ether oxygens (including phenoxy) is 2. The van der Waals surface area contributed by atoms with Crippen molar-refractivity contribution in [3.05, 3.63) is 77.6 Å². The van der Waals surface area contributed by atoms with Gasteiger partial charge in [-0.25, -0.2) is 4.98 Å². The molecule has 4 aromatic rings. The number of nitrogens with one attached hydrogen (secondary N) is 1. The second-order valence-electron chi connectivity index (χ2n) is 13.6. The van der Waals surface area contributed by atoms with E-state index in [0.717, 1.165) is 109 Å². The van der Waals surface area contributed by atoms with Crippen molar-refractivity contribution in [2.45, 2.75) is 58.5 Å². The Balaban J connectivity index is 1.08. The summed E-state index contributed by atoms with van der Waals surface area (Å²) in [4.78, 5) is 25.9. The van der Waals surface area contributed by atoms with Gasteiger partial charge in [-0.3, -0.25) is 19.6 Å². The molecule has 3 fully saturated rings. The molecule has 1 aliphatic carbocycles. The van der Waals surface area contributed by atoms with Crippen LogP contribution in [0.25, 0.3) is 22.0 Å². The van der Waals surface area contributed by atoms with Crippen molar-refractivity contribution in [3.8, 4) is 16.9 Å².